The summed E-state index contributed by atoms with van der Waals surface area (Å²) in [6.45, 7) is 1.39. The van der Waals surface area contributed by atoms with E-state index in [0.29, 0.717) is 13.2 Å². The van der Waals surface area contributed by atoms with Gasteiger partial charge < -0.3 is 14.4 Å². The van der Waals surface area contributed by atoms with Crippen LogP contribution < -0.4 is 0 Å². The van der Waals surface area contributed by atoms with E-state index in [1.165, 1.54) is 7.11 Å². The van der Waals surface area contributed by atoms with E-state index in [4.69, 9.17) is 9.47 Å². The Morgan fingerprint density at radius 2 is 1.79 bits per heavy atom. The average Bonchev–Trinajstić information content (AvgIpc) is 2.98. The Kier molecular flexibility index (Phi) is 5.19. The second kappa shape index (κ2) is 6.89. The highest BCUT2D eigenvalue weighted by Crippen LogP contribution is 2.27. The molecule has 1 aliphatic carbocycles. The van der Waals surface area contributed by atoms with Gasteiger partial charge in [0.25, 0.3) is 0 Å². The van der Waals surface area contributed by atoms with Crippen LogP contribution >= 0.6 is 0 Å². The Labute approximate surface area is 114 Å². The summed E-state index contributed by atoms with van der Waals surface area (Å²) in [5, 5.41) is 0. The molecule has 0 spiro atoms. The van der Waals surface area contributed by atoms with E-state index in [1.807, 2.05) is 0 Å². The summed E-state index contributed by atoms with van der Waals surface area (Å²) in [4.78, 5) is 25.9. The van der Waals surface area contributed by atoms with E-state index in [9.17, 15) is 9.59 Å². The first-order valence-corrected chi connectivity index (χ1v) is 7.17. The lowest BCUT2D eigenvalue weighted by molar-refractivity contribution is -0.151. The Morgan fingerprint density at radius 1 is 1.16 bits per heavy atom. The second-order valence-corrected chi connectivity index (χ2v) is 5.37. The Morgan fingerprint density at radius 3 is 2.37 bits per heavy atom. The van der Waals surface area contributed by atoms with Crippen molar-refractivity contribution in [2.75, 3.05) is 26.9 Å². The van der Waals surface area contributed by atoms with Gasteiger partial charge in [0.05, 0.1) is 7.11 Å². The molecule has 1 saturated heterocycles. The average molecular weight is 269 g/mol. The topological polar surface area (TPSA) is 55.8 Å². The summed E-state index contributed by atoms with van der Waals surface area (Å²) < 4.78 is 10.0. The number of rotatable bonds is 4. The van der Waals surface area contributed by atoms with Crippen LogP contribution in [0.5, 0.6) is 0 Å². The molecule has 1 aliphatic heterocycles. The first-order chi connectivity index (χ1) is 9.22. The van der Waals surface area contributed by atoms with Gasteiger partial charge in [-0.2, -0.15) is 0 Å². The predicted molar refractivity (Wildman–Crippen MR) is 69.5 cm³/mol. The van der Waals surface area contributed by atoms with Crippen molar-refractivity contribution >= 4 is 11.9 Å². The molecule has 1 heterocycles. The molecule has 5 nitrogen and oxygen atoms in total. The van der Waals surface area contributed by atoms with Crippen LogP contribution in [0.15, 0.2) is 0 Å². The fourth-order valence-corrected chi connectivity index (χ4v) is 2.99. The van der Waals surface area contributed by atoms with E-state index in [2.05, 4.69) is 0 Å². The van der Waals surface area contributed by atoms with Crippen molar-refractivity contribution in [3.63, 3.8) is 0 Å². The molecule has 0 N–H and O–H groups in total. The maximum Gasteiger partial charge on any atom is 0.325 e. The summed E-state index contributed by atoms with van der Waals surface area (Å²) >= 11 is 0. The molecule has 0 aromatic carbocycles. The van der Waals surface area contributed by atoms with Crippen molar-refractivity contribution in [2.24, 2.45) is 5.92 Å². The van der Waals surface area contributed by atoms with E-state index in [-0.39, 0.29) is 30.4 Å². The molecular formula is C14H23NO4. The van der Waals surface area contributed by atoms with Gasteiger partial charge in [0.15, 0.2) is 0 Å². The monoisotopic (exact) mass is 269 g/mol. The van der Waals surface area contributed by atoms with Crippen molar-refractivity contribution in [2.45, 2.75) is 44.6 Å². The molecule has 0 unspecified atom stereocenters. The molecule has 0 bridgehead atoms. The number of nitrogens with zero attached hydrogens (tertiary/aromatic N) is 1. The van der Waals surface area contributed by atoms with Gasteiger partial charge in [-0.1, -0.05) is 12.8 Å². The van der Waals surface area contributed by atoms with Gasteiger partial charge in [-0.15, -0.1) is 0 Å². The number of hydrogen-bond donors (Lipinski definition) is 0. The van der Waals surface area contributed by atoms with Crippen LogP contribution in [0.2, 0.25) is 0 Å². The van der Waals surface area contributed by atoms with Gasteiger partial charge in [0.2, 0.25) is 5.91 Å². The zero-order valence-corrected chi connectivity index (χ0v) is 11.6. The summed E-state index contributed by atoms with van der Waals surface area (Å²) in [5.74, 6) is -0.202. The molecule has 1 amide bonds. The summed E-state index contributed by atoms with van der Waals surface area (Å²) in [6.07, 6.45) is 5.83. The van der Waals surface area contributed by atoms with Crippen LogP contribution in [-0.4, -0.2) is 49.7 Å². The highest BCUT2D eigenvalue weighted by Gasteiger charge is 2.33. The molecule has 2 aliphatic rings. The van der Waals surface area contributed by atoms with Gasteiger partial charge in [0, 0.05) is 25.2 Å². The fraction of sp³-hybridized carbons (Fsp3) is 0.857. The molecule has 19 heavy (non-hydrogen) atoms. The van der Waals surface area contributed by atoms with E-state index < -0.39 is 0 Å². The Balaban J connectivity index is 2.01. The number of esters is 1. The van der Waals surface area contributed by atoms with Crippen molar-refractivity contribution in [1.82, 2.24) is 4.90 Å². The highest BCUT2D eigenvalue weighted by molar-refractivity contribution is 5.84. The molecule has 1 saturated carbocycles. The first kappa shape index (κ1) is 14.3. The number of carbonyl (C=O) groups excluding carboxylic acids is 2. The van der Waals surface area contributed by atoms with Crippen LogP contribution in [0.1, 0.15) is 38.5 Å². The van der Waals surface area contributed by atoms with E-state index in [1.54, 1.807) is 4.90 Å². The van der Waals surface area contributed by atoms with Crippen LogP contribution in [0.25, 0.3) is 0 Å². The number of carbonyl (C=O) groups is 2. The van der Waals surface area contributed by atoms with Crippen molar-refractivity contribution in [1.29, 1.82) is 0 Å². The minimum absolute atomic E-state index is 0.0130. The second-order valence-electron chi connectivity index (χ2n) is 5.37. The lowest BCUT2D eigenvalue weighted by Gasteiger charge is -2.32. The quantitative estimate of drug-likeness (QED) is 0.723. The standard InChI is InChI=1S/C14H23NO4/c1-18-13(16)10-15(12-4-2-3-5-12)14(17)11-6-8-19-9-7-11/h11-12H,2-10H2,1H3. The molecule has 2 rings (SSSR count). The highest BCUT2D eigenvalue weighted by atomic mass is 16.5. The van der Waals surface area contributed by atoms with Crippen LogP contribution in [0.4, 0.5) is 0 Å². The molecule has 0 radical (unpaired) electrons. The van der Waals surface area contributed by atoms with Crippen molar-refractivity contribution in [3.05, 3.63) is 0 Å². The lowest BCUT2D eigenvalue weighted by Crippen LogP contribution is -2.46. The molecule has 0 aromatic heterocycles. The number of amides is 1. The van der Waals surface area contributed by atoms with Crippen molar-refractivity contribution < 1.29 is 19.1 Å². The van der Waals surface area contributed by atoms with Crippen LogP contribution in [0.3, 0.4) is 0 Å². The van der Waals surface area contributed by atoms with Gasteiger partial charge in [-0.3, -0.25) is 9.59 Å². The third kappa shape index (κ3) is 3.69. The van der Waals surface area contributed by atoms with Crippen LogP contribution in [0, 0.1) is 5.92 Å². The molecule has 2 fully saturated rings. The van der Waals surface area contributed by atoms with E-state index >= 15 is 0 Å². The minimum atomic E-state index is -0.327. The third-order valence-electron chi connectivity index (χ3n) is 4.15. The molecule has 0 atom stereocenters. The predicted octanol–water partition coefficient (Wildman–Crippen LogP) is 1.36. The van der Waals surface area contributed by atoms with E-state index in [0.717, 1.165) is 38.5 Å². The molecule has 5 heteroatoms. The molecule has 0 aromatic rings. The van der Waals surface area contributed by atoms with Gasteiger partial charge in [-0.25, -0.2) is 0 Å². The molecular weight excluding hydrogens is 246 g/mol. The van der Waals surface area contributed by atoms with Crippen LogP contribution in [-0.2, 0) is 19.1 Å². The zero-order chi connectivity index (χ0) is 13.7. The first-order valence-electron chi connectivity index (χ1n) is 7.17. The summed E-state index contributed by atoms with van der Waals surface area (Å²) in [7, 11) is 1.37. The normalized spacial score (nSPS) is 21.3. The summed E-state index contributed by atoms with van der Waals surface area (Å²) in [5.41, 5.74) is 0. The maximum absolute atomic E-state index is 12.6. The van der Waals surface area contributed by atoms with Gasteiger partial charge in [-0.05, 0) is 25.7 Å². The molecule has 108 valence electrons. The third-order valence-corrected chi connectivity index (χ3v) is 4.15. The number of methoxy groups -OCH3 is 1. The maximum atomic E-state index is 12.6. The lowest BCUT2D eigenvalue weighted by atomic mass is 9.97. The van der Waals surface area contributed by atoms with Crippen molar-refractivity contribution in [3.8, 4) is 0 Å². The van der Waals surface area contributed by atoms with Gasteiger partial charge in [0.1, 0.15) is 6.54 Å². The summed E-state index contributed by atoms with van der Waals surface area (Å²) in [6, 6.07) is 0.217. The van der Waals surface area contributed by atoms with Gasteiger partial charge >= 0.3 is 5.97 Å². The number of hydrogen-bond acceptors (Lipinski definition) is 4. The SMILES string of the molecule is COC(=O)CN(C(=O)C1CCOCC1)C1CCCC1. The minimum Gasteiger partial charge on any atom is -0.468 e. The zero-order valence-electron chi connectivity index (χ0n) is 11.6. The Hall–Kier alpha value is -1.10. The number of ether oxygens (including phenoxy) is 2. The fourth-order valence-electron chi connectivity index (χ4n) is 2.99. The smallest absolute Gasteiger partial charge is 0.325 e. The largest absolute Gasteiger partial charge is 0.468 e. The Bertz CT molecular complexity index is 319.